The minimum absolute atomic E-state index is 0.0722. The van der Waals surface area contributed by atoms with E-state index in [4.69, 9.17) is 0 Å². The van der Waals surface area contributed by atoms with Crippen LogP contribution in [0.4, 0.5) is 0 Å². The Balaban J connectivity index is 1.93. The molecule has 17 heavy (non-hydrogen) atoms. The molecule has 5 nitrogen and oxygen atoms in total. The van der Waals surface area contributed by atoms with Crippen LogP contribution in [-0.2, 0) is 11.8 Å². The fraction of sp³-hybridized carbons (Fsp3) is 0.500. The maximum absolute atomic E-state index is 11.9. The van der Waals surface area contributed by atoms with Crippen molar-refractivity contribution in [1.29, 1.82) is 0 Å². The zero-order chi connectivity index (χ0) is 12.4. The van der Waals surface area contributed by atoms with Crippen LogP contribution in [-0.4, -0.2) is 59.3 Å². The number of carbonyl (C=O) groups excluding carboxylic acids is 2. The number of hydrogen-bond donors (Lipinski definition) is 0. The molecular weight excluding hydrogens is 218 g/mol. The summed E-state index contributed by atoms with van der Waals surface area (Å²) in [6.07, 6.45) is 3.66. The predicted molar refractivity (Wildman–Crippen MR) is 63.8 cm³/mol. The quantitative estimate of drug-likeness (QED) is 0.692. The van der Waals surface area contributed by atoms with Gasteiger partial charge in [0.15, 0.2) is 5.78 Å². The van der Waals surface area contributed by atoms with E-state index in [1.807, 2.05) is 22.7 Å². The van der Waals surface area contributed by atoms with Crippen molar-refractivity contribution >= 4 is 11.7 Å². The lowest BCUT2D eigenvalue weighted by Crippen LogP contribution is -2.49. The molecule has 1 amide bonds. The van der Waals surface area contributed by atoms with E-state index in [2.05, 4.69) is 0 Å². The van der Waals surface area contributed by atoms with Gasteiger partial charge in [-0.2, -0.15) is 0 Å². The lowest BCUT2D eigenvalue weighted by molar-refractivity contribution is -0.134. The Morgan fingerprint density at radius 1 is 1.35 bits per heavy atom. The predicted octanol–water partition coefficient (Wildman–Crippen LogP) is -0.0182. The molecule has 0 radical (unpaired) electrons. The maximum atomic E-state index is 11.9. The minimum atomic E-state index is 0.0722. The topological polar surface area (TPSA) is 45.5 Å². The average Bonchev–Trinajstić information content (AvgIpc) is 2.70. The fourth-order valence-electron chi connectivity index (χ4n) is 1.90. The monoisotopic (exact) mass is 235 g/mol. The van der Waals surface area contributed by atoms with Crippen LogP contribution in [0.25, 0.3) is 0 Å². The third-order valence-electron chi connectivity index (χ3n) is 3.06. The normalized spacial score (nSPS) is 17.5. The van der Waals surface area contributed by atoms with E-state index in [9.17, 15) is 9.59 Å². The number of nitrogens with zero attached hydrogens (tertiary/aromatic N) is 3. The molecule has 0 aliphatic carbocycles. The molecule has 1 fully saturated rings. The van der Waals surface area contributed by atoms with Gasteiger partial charge in [0.25, 0.3) is 0 Å². The van der Waals surface area contributed by atoms with Gasteiger partial charge < -0.3 is 9.47 Å². The van der Waals surface area contributed by atoms with Gasteiger partial charge in [-0.05, 0) is 6.07 Å². The zero-order valence-electron chi connectivity index (χ0n) is 10.2. The van der Waals surface area contributed by atoms with Gasteiger partial charge in [-0.1, -0.05) is 0 Å². The second-order valence-electron chi connectivity index (χ2n) is 4.51. The summed E-state index contributed by atoms with van der Waals surface area (Å²) in [5.74, 6) is 0.153. The Labute approximate surface area is 101 Å². The van der Waals surface area contributed by atoms with E-state index in [1.54, 1.807) is 24.2 Å². The van der Waals surface area contributed by atoms with Crippen molar-refractivity contribution in [2.24, 2.45) is 7.05 Å². The summed E-state index contributed by atoms with van der Waals surface area (Å²) in [6, 6.07) is 1.81. The van der Waals surface area contributed by atoms with Gasteiger partial charge in [-0.25, -0.2) is 0 Å². The molecule has 92 valence electrons. The van der Waals surface area contributed by atoms with Crippen LogP contribution in [0.15, 0.2) is 18.5 Å². The Kier molecular flexibility index (Phi) is 3.28. The smallest absolute Gasteiger partial charge is 0.236 e. The fourth-order valence-corrected chi connectivity index (χ4v) is 1.90. The first-order valence-corrected chi connectivity index (χ1v) is 5.68. The summed E-state index contributed by atoms with van der Waals surface area (Å²) in [5.41, 5.74) is 0.707. The van der Waals surface area contributed by atoms with E-state index >= 15 is 0 Å². The highest BCUT2D eigenvalue weighted by Gasteiger charge is 2.23. The second kappa shape index (κ2) is 4.71. The average molecular weight is 235 g/mol. The first kappa shape index (κ1) is 11.9. The molecule has 1 aromatic rings. The Hall–Kier alpha value is -1.62. The van der Waals surface area contributed by atoms with Crippen LogP contribution in [0.1, 0.15) is 10.4 Å². The molecular formula is C12H17N3O2. The number of hydrogen-bond acceptors (Lipinski definition) is 3. The van der Waals surface area contributed by atoms with E-state index in [-0.39, 0.29) is 11.7 Å². The summed E-state index contributed by atoms with van der Waals surface area (Å²) in [4.78, 5) is 27.0. The second-order valence-corrected chi connectivity index (χ2v) is 4.51. The van der Waals surface area contributed by atoms with Gasteiger partial charge >= 0.3 is 0 Å². The number of rotatable bonds is 3. The molecule has 0 saturated carbocycles. The highest BCUT2D eigenvalue weighted by atomic mass is 16.2. The van der Waals surface area contributed by atoms with Crippen molar-refractivity contribution in [2.45, 2.75) is 0 Å². The Morgan fingerprint density at radius 2 is 2.12 bits per heavy atom. The summed E-state index contributed by atoms with van der Waals surface area (Å²) in [7, 11) is 3.68. The van der Waals surface area contributed by atoms with Crippen molar-refractivity contribution in [3.63, 3.8) is 0 Å². The largest absolute Gasteiger partial charge is 0.357 e. The number of likely N-dealkylation sites (N-methyl/N-ethyl adjacent to an activating group) is 1. The summed E-state index contributed by atoms with van der Waals surface area (Å²) >= 11 is 0. The van der Waals surface area contributed by atoms with Crippen molar-refractivity contribution in [3.8, 4) is 0 Å². The third-order valence-corrected chi connectivity index (χ3v) is 3.06. The highest BCUT2D eigenvalue weighted by Crippen LogP contribution is 2.05. The van der Waals surface area contributed by atoms with Crippen molar-refractivity contribution < 1.29 is 9.59 Å². The third kappa shape index (κ3) is 2.74. The lowest BCUT2D eigenvalue weighted by atomic mass is 10.2. The molecule has 1 aliphatic rings. The van der Waals surface area contributed by atoms with E-state index in [0.717, 1.165) is 6.54 Å². The molecule has 0 atom stereocenters. The van der Waals surface area contributed by atoms with Gasteiger partial charge in [-0.3, -0.25) is 14.5 Å². The van der Waals surface area contributed by atoms with E-state index in [1.165, 1.54) is 0 Å². The van der Waals surface area contributed by atoms with E-state index < -0.39 is 0 Å². The van der Waals surface area contributed by atoms with Crippen molar-refractivity contribution in [2.75, 3.05) is 33.2 Å². The lowest BCUT2D eigenvalue weighted by Gasteiger charge is -2.31. The number of amides is 1. The molecule has 5 heteroatoms. The first-order valence-electron chi connectivity index (χ1n) is 5.68. The zero-order valence-corrected chi connectivity index (χ0v) is 10.2. The number of Topliss-reactive ketones (excluding diaryl/α,β-unsaturated/α-hetero) is 1. The van der Waals surface area contributed by atoms with Crippen LogP contribution in [0.5, 0.6) is 0 Å². The van der Waals surface area contributed by atoms with Gasteiger partial charge in [0.2, 0.25) is 5.91 Å². The van der Waals surface area contributed by atoms with Crippen LogP contribution >= 0.6 is 0 Å². The summed E-state index contributed by atoms with van der Waals surface area (Å²) in [6.45, 7) is 2.13. The number of aryl methyl sites for hydroxylation is 1. The van der Waals surface area contributed by atoms with Gasteiger partial charge in [-0.15, -0.1) is 0 Å². The molecule has 0 unspecified atom stereocenters. The molecule has 1 aliphatic heterocycles. The Bertz CT molecular complexity index is 439. The number of carbonyl (C=O) groups is 2. The number of ketones is 1. The van der Waals surface area contributed by atoms with Gasteiger partial charge in [0.1, 0.15) is 0 Å². The molecule has 0 aromatic carbocycles. The molecule has 1 saturated heterocycles. The minimum Gasteiger partial charge on any atom is -0.357 e. The van der Waals surface area contributed by atoms with Gasteiger partial charge in [0, 0.05) is 45.1 Å². The first-order chi connectivity index (χ1) is 8.06. The number of piperazine rings is 1. The molecule has 0 bridgehead atoms. The summed E-state index contributed by atoms with van der Waals surface area (Å²) < 4.78 is 1.85. The van der Waals surface area contributed by atoms with Crippen LogP contribution in [0.2, 0.25) is 0 Å². The van der Waals surface area contributed by atoms with Crippen LogP contribution < -0.4 is 0 Å². The Morgan fingerprint density at radius 3 is 2.71 bits per heavy atom. The summed E-state index contributed by atoms with van der Waals surface area (Å²) in [5, 5.41) is 0. The van der Waals surface area contributed by atoms with Crippen molar-refractivity contribution in [1.82, 2.24) is 14.4 Å². The molecule has 0 spiro atoms. The van der Waals surface area contributed by atoms with Gasteiger partial charge in [0.05, 0.1) is 13.1 Å². The molecule has 0 N–H and O–H groups in total. The SMILES string of the molecule is CN1CCN(CC(=O)c2ccn(C)c2)CC1=O. The van der Waals surface area contributed by atoms with E-state index in [0.29, 0.717) is 25.2 Å². The maximum Gasteiger partial charge on any atom is 0.236 e. The molecule has 1 aromatic heterocycles. The van der Waals surface area contributed by atoms with Crippen LogP contribution in [0, 0.1) is 0 Å². The standard InChI is InChI=1S/C12H17N3O2/c1-13-4-3-10(7-13)11(16)8-15-6-5-14(2)12(17)9-15/h3-4,7H,5-6,8-9H2,1-2H3. The van der Waals surface area contributed by atoms with Crippen LogP contribution in [0.3, 0.4) is 0 Å². The van der Waals surface area contributed by atoms with Crippen molar-refractivity contribution in [3.05, 3.63) is 24.0 Å². The highest BCUT2D eigenvalue weighted by molar-refractivity contribution is 5.97. The molecule has 2 rings (SSSR count). The number of aromatic nitrogens is 1. The molecule has 2 heterocycles.